The van der Waals surface area contributed by atoms with Crippen molar-refractivity contribution >= 4 is 11.8 Å². The third kappa shape index (κ3) is 10.4. The molecule has 0 heterocycles. The molecule has 1 N–H and O–H groups in total. The van der Waals surface area contributed by atoms with E-state index >= 15 is 0 Å². The van der Waals surface area contributed by atoms with Crippen LogP contribution in [0.1, 0.15) is 47.0 Å². The van der Waals surface area contributed by atoms with Gasteiger partial charge in [0.25, 0.3) is 0 Å². The molecular weight excluding hydrogens is 190 g/mol. The van der Waals surface area contributed by atoms with Crippen molar-refractivity contribution in [3.05, 3.63) is 0 Å². The van der Waals surface area contributed by atoms with Crippen molar-refractivity contribution in [3.8, 4) is 0 Å². The van der Waals surface area contributed by atoms with Gasteiger partial charge in [-0.1, -0.05) is 20.8 Å². The Morgan fingerprint density at radius 1 is 1.07 bits per heavy atom. The van der Waals surface area contributed by atoms with Crippen LogP contribution >= 0.6 is 11.8 Å². The fraction of sp³-hybridized carbons (Fsp3) is 1.00. The molecule has 86 valence electrons. The third-order valence-electron chi connectivity index (χ3n) is 2.28. The molecule has 0 saturated heterocycles. The van der Waals surface area contributed by atoms with Gasteiger partial charge in [-0.05, 0) is 50.2 Å². The summed E-state index contributed by atoms with van der Waals surface area (Å²) in [5, 5.41) is 3.52. The lowest BCUT2D eigenvalue weighted by atomic mass is 10.2. The van der Waals surface area contributed by atoms with Crippen molar-refractivity contribution in [3.63, 3.8) is 0 Å². The van der Waals surface area contributed by atoms with Crippen LogP contribution in [-0.4, -0.2) is 24.1 Å². The van der Waals surface area contributed by atoms with Crippen LogP contribution in [-0.2, 0) is 0 Å². The van der Waals surface area contributed by atoms with Crippen LogP contribution in [0.4, 0.5) is 0 Å². The van der Waals surface area contributed by atoms with E-state index in [0.29, 0.717) is 6.04 Å². The first-order valence-electron chi connectivity index (χ1n) is 5.98. The summed E-state index contributed by atoms with van der Waals surface area (Å²) in [7, 11) is 0. The molecule has 2 heteroatoms. The summed E-state index contributed by atoms with van der Waals surface area (Å²) in [5.41, 5.74) is 0. The van der Waals surface area contributed by atoms with Gasteiger partial charge >= 0.3 is 0 Å². The van der Waals surface area contributed by atoms with Crippen LogP contribution in [0.2, 0.25) is 0 Å². The molecule has 0 amide bonds. The Kier molecular flexibility index (Phi) is 10.1. The summed E-state index contributed by atoms with van der Waals surface area (Å²) in [6.45, 7) is 10.3. The predicted octanol–water partition coefficient (Wildman–Crippen LogP) is 3.54. The highest BCUT2D eigenvalue weighted by Crippen LogP contribution is 2.10. The Morgan fingerprint density at radius 3 is 2.29 bits per heavy atom. The number of rotatable bonds is 9. The highest BCUT2D eigenvalue weighted by atomic mass is 32.2. The Labute approximate surface area is 94.4 Å². The Hall–Kier alpha value is 0.310. The molecule has 0 spiro atoms. The normalized spacial score (nSPS) is 13.5. The second kappa shape index (κ2) is 9.85. The zero-order valence-electron chi connectivity index (χ0n) is 10.3. The van der Waals surface area contributed by atoms with Gasteiger partial charge < -0.3 is 5.32 Å². The van der Waals surface area contributed by atoms with Gasteiger partial charge in [0.1, 0.15) is 0 Å². The van der Waals surface area contributed by atoms with E-state index < -0.39 is 0 Å². The van der Waals surface area contributed by atoms with Crippen LogP contribution in [0, 0.1) is 5.92 Å². The maximum absolute atomic E-state index is 3.52. The lowest BCUT2D eigenvalue weighted by molar-refractivity contribution is 0.536. The first-order valence-corrected chi connectivity index (χ1v) is 7.13. The standard InChI is InChI=1S/C12H27NS/c1-5-8-13-12(4)7-10-14-9-6-11(2)3/h11-13H,5-10H2,1-4H3. The Balaban J connectivity index is 3.10. The molecule has 0 aromatic heterocycles. The second-order valence-corrected chi connectivity index (χ2v) is 5.66. The average molecular weight is 217 g/mol. The van der Waals surface area contributed by atoms with Crippen molar-refractivity contribution in [2.45, 2.75) is 53.0 Å². The quantitative estimate of drug-likeness (QED) is 0.593. The number of thioether (sulfide) groups is 1. The molecule has 14 heavy (non-hydrogen) atoms. The molecule has 1 unspecified atom stereocenters. The van der Waals surface area contributed by atoms with E-state index in [2.05, 4.69) is 44.8 Å². The summed E-state index contributed by atoms with van der Waals surface area (Å²) in [4.78, 5) is 0. The van der Waals surface area contributed by atoms with Crippen LogP contribution in [0.5, 0.6) is 0 Å². The first-order chi connectivity index (χ1) is 6.66. The van der Waals surface area contributed by atoms with E-state index in [9.17, 15) is 0 Å². The average Bonchev–Trinajstić information content (AvgIpc) is 2.13. The molecule has 0 aliphatic carbocycles. The zero-order valence-corrected chi connectivity index (χ0v) is 11.1. The molecule has 1 atom stereocenters. The summed E-state index contributed by atoms with van der Waals surface area (Å²) >= 11 is 2.10. The monoisotopic (exact) mass is 217 g/mol. The molecular formula is C12H27NS. The van der Waals surface area contributed by atoms with E-state index in [-0.39, 0.29) is 0 Å². The zero-order chi connectivity index (χ0) is 10.8. The Morgan fingerprint density at radius 2 is 1.71 bits per heavy atom. The maximum atomic E-state index is 3.52. The Bertz CT molecular complexity index is 115. The second-order valence-electron chi connectivity index (χ2n) is 4.44. The van der Waals surface area contributed by atoms with Crippen molar-refractivity contribution in [1.82, 2.24) is 5.32 Å². The molecule has 0 bridgehead atoms. The van der Waals surface area contributed by atoms with Crippen molar-refractivity contribution in [1.29, 1.82) is 0 Å². The smallest absolute Gasteiger partial charge is 0.00465 e. The molecule has 0 aliphatic rings. The van der Waals surface area contributed by atoms with Crippen LogP contribution in [0.25, 0.3) is 0 Å². The maximum Gasteiger partial charge on any atom is 0.00465 e. The minimum atomic E-state index is 0.696. The fourth-order valence-corrected chi connectivity index (χ4v) is 2.54. The van der Waals surface area contributed by atoms with Gasteiger partial charge in [0, 0.05) is 6.04 Å². The molecule has 0 saturated carbocycles. The highest BCUT2D eigenvalue weighted by Gasteiger charge is 2.00. The SMILES string of the molecule is CCCNC(C)CCSCCC(C)C. The summed E-state index contributed by atoms with van der Waals surface area (Å²) in [5.74, 6) is 3.50. The minimum Gasteiger partial charge on any atom is -0.314 e. The number of hydrogen-bond donors (Lipinski definition) is 1. The molecule has 0 aliphatic heterocycles. The van der Waals surface area contributed by atoms with Gasteiger partial charge in [-0.3, -0.25) is 0 Å². The van der Waals surface area contributed by atoms with Gasteiger partial charge in [-0.2, -0.15) is 11.8 Å². The molecule has 1 nitrogen and oxygen atoms in total. The summed E-state index contributed by atoms with van der Waals surface area (Å²) in [6.07, 6.45) is 3.91. The molecule has 0 fully saturated rings. The van der Waals surface area contributed by atoms with E-state index in [4.69, 9.17) is 0 Å². The summed E-state index contributed by atoms with van der Waals surface area (Å²) < 4.78 is 0. The van der Waals surface area contributed by atoms with E-state index in [1.807, 2.05) is 0 Å². The molecule has 0 aromatic rings. The van der Waals surface area contributed by atoms with Gasteiger partial charge in [0.05, 0.1) is 0 Å². The molecule has 0 aromatic carbocycles. The third-order valence-corrected chi connectivity index (χ3v) is 3.33. The van der Waals surface area contributed by atoms with Gasteiger partial charge in [0.2, 0.25) is 0 Å². The number of nitrogens with one attached hydrogen (secondary N) is 1. The topological polar surface area (TPSA) is 12.0 Å². The van der Waals surface area contributed by atoms with Crippen LogP contribution < -0.4 is 5.32 Å². The van der Waals surface area contributed by atoms with E-state index in [0.717, 1.165) is 12.5 Å². The highest BCUT2D eigenvalue weighted by molar-refractivity contribution is 7.99. The van der Waals surface area contributed by atoms with Crippen molar-refractivity contribution in [2.24, 2.45) is 5.92 Å². The van der Waals surface area contributed by atoms with Crippen LogP contribution in [0.15, 0.2) is 0 Å². The van der Waals surface area contributed by atoms with E-state index in [1.165, 1.54) is 30.8 Å². The lowest BCUT2D eigenvalue weighted by Crippen LogP contribution is -2.27. The van der Waals surface area contributed by atoms with Crippen molar-refractivity contribution < 1.29 is 0 Å². The minimum absolute atomic E-state index is 0.696. The van der Waals surface area contributed by atoms with Gasteiger partial charge in [-0.15, -0.1) is 0 Å². The predicted molar refractivity (Wildman–Crippen MR) is 69.2 cm³/mol. The van der Waals surface area contributed by atoms with Gasteiger partial charge in [-0.25, -0.2) is 0 Å². The van der Waals surface area contributed by atoms with E-state index in [1.54, 1.807) is 0 Å². The van der Waals surface area contributed by atoms with Crippen LogP contribution in [0.3, 0.4) is 0 Å². The van der Waals surface area contributed by atoms with Crippen molar-refractivity contribution in [2.75, 3.05) is 18.1 Å². The van der Waals surface area contributed by atoms with Gasteiger partial charge in [0.15, 0.2) is 0 Å². The fourth-order valence-electron chi connectivity index (χ4n) is 1.17. The molecule has 0 rings (SSSR count). The largest absolute Gasteiger partial charge is 0.314 e. The lowest BCUT2D eigenvalue weighted by Gasteiger charge is -2.12. The number of hydrogen-bond acceptors (Lipinski definition) is 2. The molecule has 0 radical (unpaired) electrons. The first kappa shape index (κ1) is 14.3. The summed E-state index contributed by atoms with van der Waals surface area (Å²) in [6, 6.07) is 0.696.